The fourth-order valence-electron chi connectivity index (χ4n) is 1.45. The maximum atomic E-state index is 12.7. The normalized spacial score (nSPS) is 9.95. The minimum atomic E-state index is -0.310. The molecule has 1 heterocycles. The molecule has 98 valence electrons. The smallest absolute Gasteiger partial charge is 0.315 e. The van der Waals surface area contributed by atoms with Crippen molar-refractivity contribution in [2.24, 2.45) is 0 Å². The predicted molar refractivity (Wildman–Crippen MR) is 67.5 cm³/mol. The van der Waals surface area contributed by atoms with Crippen molar-refractivity contribution >= 4 is 6.03 Å². The first kappa shape index (κ1) is 12.9. The van der Waals surface area contributed by atoms with Crippen molar-refractivity contribution in [2.45, 2.75) is 13.1 Å². The molecule has 0 aliphatic carbocycles. The Morgan fingerprint density at radius 2 is 1.84 bits per heavy atom. The highest BCUT2D eigenvalue weighted by Crippen LogP contribution is 2.01. The molecule has 5 nitrogen and oxygen atoms in total. The number of carbonyl (C=O) groups is 1. The zero-order valence-electron chi connectivity index (χ0n) is 10.1. The second-order valence-electron chi connectivity index (χ2n) is 3.88. The molecule has 0 aliphatic heterocycles. The maximum Gasteiger partial charge on any atom is 0.315 e. The fourth-order valence-corrected chi connectivity index (χ4v) is 1.45. The molecule has 0 radical (unpaired) electrons. The van der Waals surface area contributed by atoms with Crippen LogP contribution < -0.4 is 10.6 Å². The Labute approximate surface area is 109 Å². The van der Waals surface area contributed by atoms with Gasteiger partial charge in [0, 0.05) is 12.7 Å². The summed E-state index contributed by atoms with van der Waals surface area (Å²) in [5.74, 6) is -0.296. The van der Waals surface area contributed by atoms with Crippen LogP contribution in [0.5, 0.6) is 0 Å². The molecule has 2 rings (SSSR count). The first-order chi connectivity index (χ1) is 9.24. The molecule has 0 spiro atoms. The summed E-state index contributed by atoms with van der Waals surface area (Å²) in [7, 11) is 0. The van der Waals surface area contributed by atoms with Crippen molar-refractivity contribution in [1.29, 1.82) is 0 Å². The molecule has 2 amide bonds. The van der Waals surface area contributed by atoms with E-state index < -0.39 is 0 Å². The van der Waals surface area contributed by atoms with Crippen molar-refractivity contribution in [3.05, 3.63) is 59.7 Å². The fraction of sp³-hybridized carbons (Fsp3) is 0.154. The first-order valence-corrected chi connectivity index (χ1v) is 5.77. The number of halogens is 1. The summed E-state index contributed by atoms with van der Waals surface area (Å²) in [6, 6.07) is 9.17. The summed E-state index contributed by atoms with van der Waals surface area (Å²) >= 11 is 0. The number of benzene rings is 1. The lowest BCUT2D eigenvalue weighted by Crippen LogP contribution is -2.34. The van der Waals surface area contributed by atoms with E-state index in [1.807, 2.05) is 0 Å². The highest BCUT2D eigenvalue weighted by Gasteiger charge is 2.01. The first-order valence-electron chi connectivity index (χ1n) is 5.77. The van der Waals surface area contributed by atoms with E-state index in [4.69, 9.17) is 0 Å². The number of amides is 2. The molecular weight excluding hydrogens is 247 g/mol. The van der Waals surface area contributed by atoms with Gasteiger partial charge in [0.25, 0.3) is 0 Å². The summed E-state index contributed by atoms with van der Waals surface area (Å²) < 4.78 is 12.7. The van der Waals surface area contributed by atoms with Crippen molar-refractivity contribution in [2.75, 3.05) is 0 Å². The molecule has 2 N–H and O–H groups in total. The SMILES string of the molecule is O=C(NCc1ccc(F)cc1)NCc1cccnn1. The van der Waals surface area contributed by atoms with Gasteiger partial charge in [0.05, 0.1) is 12.2 Å². The highest BCUT2D eigenvalue weighted by molar-refractivity contribution is 5.73. The minimum absolute atomic E-state index is 0.296. The predicted octanol–water partition coefficient (Wildman–Crippen LogP) is 1.62. The number of hydrogen-bond donors (Lipinski definition) is 2. The lowest BCUT2D eigenvalue weighted by atomic mass is 10.2. The Morgan fingerprint density at radius 1 is 1.11 bits per heavy atom. The highest BCUT2D eigenvalue weighted by atomic mass is 19.1. The molecular formula is C13H13FN4O. The standard InChI is InChI=1S/C13H13FN4O/c14-11-5-3-10(4-6-11)8-15-13(19)16-9-12-2-1-7-17-18-12/h1-7H,8-9H2,(H2,15,16,19). The molecule has 2 aromatic rings. The quantitative estimate of drug-likeness (QED) is 0.877. The number of nitrogens with zero attached hydrogens (tertiary/aromatic N) is 2. The van der Waals surface area contributed by atoms with Gasteiger partial charge in [0.2, 0.25) is 0 Å². The van der Waals surface area contributed by atoms with Crippen molar-refractivity contribution in [3.63, 3.8) is 0 Å². The Hall–Kier alpha value is -2.50. The number of aromatic nitrogens is 2. The van der Waals surface area contributed by atoms with Gasteiger partial charge in [-0.25, -0.2) is 9.18 Å². The van der Waals surface area contributed by atoms with Crippen LogP contribution in [0, 0.1) is 5.82 Å². The molecule has 1 aromatic heterocycles. The van der Waals surface area contributed by atoms with Gasteiger partial charge in [-0.15, -0.1) is 0 Å². The third kappa shape index (κ3) is 4.34. The van der Waals surface area contributed by atoms with E-state index in [1.165, 1.54) is 12.1 Å². The molecule has 0 fully saturated rings. The molecule has 0 unspecified atom stereocenters. The van der Waals surface area contributed by atoms with E-state index in [9.17, 15) is 9.18 Å². The molecule has 19 heavy (non-hydrogen) atoms. The van der Waals surface area contributed by atoms with Crippen LogP contribution in [0.1, 0.15) is 11.3 Å². The molecule has 0 saturated carbocycles. The molecule has 0 atom stereocenters. The van der Waals surface area contributed by atoms with Crippen LogP contribution in [0.25, 0.3) is 0 Å². The molecule has 0 saturated heterocycles. The van der Waals surface area contributed by atoms with Crippen LogP contribution in [0.15, 0.2) is 42.6 Å². The number of rotatable bonds is 4. The van der Waals surface area contributed by atoms with Crippen LogP contribution in [0.4, 0.5) is 9.18 Å². The number of urea groups is 1. The Kier molecular flexibility index (Phi) is 4.39. The van der Waals surface area contributed by atoms with E-state index >= 15 is 0 Å². The average molecular weight is 260 g/mol. The third-order valence-electron chi connectivity index (χ3n) is 2.42. The minimum Gasteiger partial charge on any atom is -0.334 e. The Balaban J connectivity index is 1.74. The van der Waals surface area contributed by atoms with Gasteiger partial charge in [-0.2, -0.15) is 10.2 Å². The van der Waals surface area contributed by atoms with E-state index in [2.05, 4.69) is 20.8 Å². The van der Waals surface area contributed by atoms with Gasteiger partial charge in [0.15, 0.2) is 0 Å². The van der Waals surface area contributed by atoms with E-state index in [-0.39, 0.29) is 11.8 Å². The molecule has 1 aromatic carbocycles. The van der Waals surface area contributed by atoms with Gasteiger partial charge in [-0.05, 0) is 29.8 Å². The van der Waals surface area contributed by atoms with Crippen LogP contribution >= 0.6 is 0 Å². The lowest BCUT2D eigenvalue weighted by molar-refractivity contribution is 0.240. The van der Waals surface area contributed by atoms with E-state index in [1.54, 1.807) is 30.5 Å². The molecule has 0 aliphatic rings. The summed E-state index contributed by atoms with van der Waals surface area (Å²) in [6.45, 7) is 0.648. The van der Waals surface area contributed by atoms with Crippen LogP contribution in [-0.4, -0.2) is 16.2 Å². The van der Waals surface area contributed by atoms with Crippen molar-refractivity contribution in [3.8, 4) is 0 Å². The summed E-state index contributed by atoms with van der Waals surface area (Å²) in [4.78, 5) is 11.5. The largest absolute Gasteiger partial charge is 0.334 e. The van der Waals surface area contributed by atoms with Gasteiger partial charge < -0.3 is 10.6 Å². The van der Waals surface area contributed by atoms with Crippen LogP contribution in [-0.2, 0) is 13.1 Å². The Bertz CT molecular complexity index is 530. The van der Waals surface area contributed by atoms with Gasteiger partial charge in [0.1, 0.15) is 5.82 Å². The summed E-state index contributed by atoms with van der Waals surface area (Å²) in [6.07, 6.45) is 1.57. The van der Waals surface area contributed by atoms with Crippen molar-refractivity contribution < 1.29 is 9.18 Å². The number of carbonyl (C=O) groups excluding carboxylic acids is 1. The zero-order chi connectivity index (χ0) is 13.5. The summed E-state index contributed by atoms with van der Waals surface area (Å²) in [5, 5.41) is 12.9. The Morgan fingerprint density at radius 3 is 2.53 bits per heavy atom. The maximum absolute atomic E-state index is 12.7. The number of nitrogens with one attached hydrogen (secondary N) is 2. The van der Waals surface area contributed by atoms with E-state index in [0.717, 1.165) is 5.56 Å². The van der Waals surface area contributed by atoms with Gasteiger partial charge >= 0.3 is 6.03 Å². The van der Waals surface area contributed by atoms with Gasteiger partial charge in [-0.3, -0.25) is 0 Å². The van der Waals surface area contributed by atoms with Crippen LogP contribution in [0.3, 0.4) is 0 Å². The zero-order valence-corrected chi connectivity index (χ0v) is 10.1. The van der Waals surface area contributed by atoms with Gasteiger partial charge in [-0.1, -0.05) is 12.1 Å². The molecule has 0 bridgehead atoms. The second-order valence-corrected chi connectivity index (χ2v) is 3.88. The third-order valence-corrected chi connectivity index (χ3v) is 2.42. The topological polar surface area (TPSA) is 66.9 Å². The summed E-state index contributed by atoms with van der Waals surface area (Å²) in [5.41, 5.74) is 1.51. The molecule has 6 heteroatoms. The second kappa shape index (κ2) is 6.44. The van der Waals surface area contributed by atoms with Crippen molar-refractivity contribution in [1.82, 2.24) is 20.8 Å². The van der Waals surface area contributed by atoms with Crippen LogP contribution in [0.2, 0.25) is 0 Å². The number of hydrogen-bond acceptors (Lipinski definition) is 3. The monoisotopic (exact) mass is 260 g/mol. The van der Waals surface area contributed by atoms with E-state index in [0.29, 0.717) is 18.8 Å². The lowest BCUT2D eigenvalue weighted by Gasteiger charge is -2.07. The average Bonchev–Trinajstić information content (AvgIpc) is 2.45.